The van der Waals surface area contributed by atoms with E-state index in [-0.39, 0.29) is 12.6 Å². The number of hydrogen-bond acceptors (Lipinski definition) is 3. The van der Waals surface area contributed by atoms with Crippen LogP contribution in [-0.4, -0.2) is 48.8 Å². The van der Waals surface area contributed by atoms with Gasteiger partial charge in [0, 0.05) is 6.04 Å². The van der Waals surface area contributed by atoms with Crippen molar-refractivity contribution in [1.29, 1.82) is 0 Å². The number of hydrogen-bond donors (Lipinski definition) is 2. The standard InChI is InChI=1S/C16H34N2O/c1-4-10-17-15(14-19)7-11-18-12-8-16(5-2,6-3)9-13-18/h15,17,19H,4-14H2,1-3H3. The van der Waals surface area contributed by atoms with Crippen LogP contribution in [-0.2, 0) is 0 Å². The number of aliphatic hydroxyl groups excluding tert-OH is 1. The lowest BCUT2D eigenvalue weighted by Gasteiger charge is -2.41. The highest BCUT2D eigenvalue weighted by Crippen LogP contribution is 2.37. The second kappa shape index (κ2) is 8.93. The Balaban J connectivity index is 2.25. The molecule has 0 amide bonds. The molecule has 0 aliphatic carbocycles. The predicted molar refractivity (Wildman–Crippen MR) is 82.5 cm³/mol. The number of nitrogens with zero attached hydrogens (tertiary/aromatic N) is 1. The van der Waals surface area contributed by atoms with Gasteiger partial charge in [-0.25, -0.2) is 0 Å². The van der Waals surface area contributed by atoms with Crippen molar-refractivity contribution >= 4 is 0 Å². The smallest absolute Gasteiger partial charge is 0.0585 e. The van der Waals surface area contributed by atoms with Crippen LogP contribution in [0.1, 0.15) is 59.3 Å². The molecule has 1 atom stereocenters. The molecule has 0 bridgehead atoms. The highest BCUT2D eigenvalue weighted by Gasteiger charge is 2.30. The Hall–Kier alpha value is -0.120. The monoisotopic (exact) mass is 270 g/mol. The maximum Gasteiger partial charge on any atom is 0.0585 e. The molecule has 114 valence electrons. The molecular weight excluding hydrogens is 236 g/mol. The Bertz CT molecular complexity index is 219. The number of aliphatic hydroxyl groups is 1. The average Bonchev–Trinajstić information content (AvgIpc) is 2.48. The van der Waals surface area contributed by atoms with Gasteiger partial charge in [0.2, 0.25) is 0 Å². The lowest BCUT2D eigenvalue weighted by atomic mass is 9.74. The Morgan fingerprint density at radius 3 is 2.26 bits per heavy atom. The first-order chi connectivity index (χ1) is 9.19. The first-order valence-electron chi connectivity index (χ1n) is 8.26. The van der Waals surface area contributed by atoms with E-state index in [9.17, 15) is 5.11 Å². The normalized spacial score (nSPS) is 21.5. The molecule has 0 spiro atoms. The van der Waals surface area contributed by atoms with Crippen LogP contribution in [0.2, 0.25) is 0 Å². The minimum Gasteiger partial charge on any atom is -0.395 e. The Labute approximate surface area is 119 Å². The zero-order valence-electron chi connectivity index (χ0n) is 13.2. The highest BCUT2D eigenvalue weighted by atomic mass is 16.3. The third-order valence-electron chi connectivity index (χ3n) is 5.11. The van der Waals surface area contributed by atoms with Crippen molar-refractivity contribution in [3.63, 3.8) is 0 Å². The summed E-state index contributed by atoms with van der Waals surface area (Å²) in [7, 11) is 0. The molecule has 1 aliphatic rings. The van der Waals surface area contributed by atoms with Crippen LogP contribution in [0.5, 0.6) is 0 Å². The van der Waals surface area contributed by atoms with E-state index in [0.29, 0.717) is 5.41 Å². The van der Waals surface area contributed by atoms with Crippen molar-refractivity contribution < 1.29 is 5.11 Å². The molecule has 0 aromatic rings. The number of piperidine rings is 1. The summed E-state index contributed by atoms with van der Waals surface area (Å²) in [6.07, 6.45) is 7.57. The van der Waals surface area contributed by atoms with Crippen molar-refractivity contribution in [2.45, 2.75) is 65.3 Å². The lowest BCUT2D eigenvalue weighted by Crippen LogP contribution is -2.42. The third-order valence-corrected chi connectivity index (χ3v) is 5.11. The van der Waals surface area contributed by atoms with Gasteiger partial charge in [-0.1, -0.05) is 33.6 Å². The van der Waals surface area contributed by atoms with Gasteiger partial charge in [0.1, 0.15) is 0 Å². The van der Waals surface area contributed by atoms with Gasteiger partial charge in [0.25, 0.3) is 0 Å². The number of rotatable bonds is 9. The fourth-order valence-corrected chi connectivity index (χ4v) is 3.15. The van der Waals surface area contributed by atoms with E-state index in [1.165, 1.54) is 38.8 Å². The largest absolute Gasteiger partial charge is 0.395 e. The summed E-state index contributed by atoms with van der Waals surface area (Å²) in [5, 5.41) is 12.8. The number of likely N-dealkylation sites (tertiary alicyclic amines) is 1. The van der Waals surface area contributed by atoms with Gasteiger partial charge in [0.15, 0.2) is 0 Å². The molecule has 1 fully saturated rings. The Morgan fingerprint density at radius 1 is 1.16 bits per heavy atom. The molecule has 1 rings (SSSR count). The zero-order chi connectivity index (χ0) is 14.1. The van der Waals surface area contributed by atoms with Gasteiger partial charge >= 0.3 is 0 Å². The van der Waals surface area contributed by atoms with Crippen LogP contribution in [0.15, 0.2) is 0 Å². The fourth-order valence-electron chi connectivity index (χ4n) is 3.15. The van der Waals surface area contributed by atoms with Crippen molar-refractivity contribution in [1.82, 2.24) is 10.2 Å². The van der Waals surface area contributed by atoms with E-state index in [2.05, 4.69) is 31.0 Å². The van der Waals surface area contributed by atoms with Crippen LogP contribution < -0.4 is 5.32 Å². The molecule has 19 heavy (non-hydrogen) atoms. The fraction of sp³-hybridized carbons (Fsp3) is 1.00. The van der Waals surface area contributed by atoms with E-state index in [1.807, 2.05) is 0 Å². The maximum absolute atomic E-state index is 9.36. The van der Waals surface area contributed by atoms with Crippen molar-refractivity contribution in [2.24, 2.45) is 5.41 Å². The molecule has 0 aromatic heterocycles. The van der Waals surface area contributed by atoms with Crippen LogP contribution in [0.25, 0.3) is 0 Å². The molecule has 0 radical (unpaired) electrons. The van der Waals surface area contributed by atoms with E-state index in [4.69, 9.17) is 0 Å². The van der Waals surface area contributed by atoms with E-state index < -0.39 is 0 Å². The topological polar surface area (TPSA) is 35.5 Å². The summed E-state index contributed by atoms with van der Waals surface area (Å²) in [6.45, 7) is 11.8. The van der Waals surface area contributed by atoms with E-state index in [1.54, 1.807) is 0 Å². The SMILES string of the molecule is CCCNC(CO)CCN1CCC(CC)(CC)CC1. The molecule has 0 saturated carbocycles. The summed E-state index contributed by atoms with van der Waals surface area (Å²) < 4.78 is 0. The van der Waals surface area contributed by atoms with Crippen molar-refractivity contribution in [3.8, 4) is 0 Å². The Kier molecular flexibility index (Phi) is 7.96. The summed E-state index contributed by atoms with van der Waals surface area (Å²) in [5.41, 5.74) is 0.618. The zero-order valence-corrected chi connectivity index (χ0v) is 13.2. The Morgan fingerprint density at radius 2 is 1.79 bits per heavy atom. The first-order valence-corrected chi connectivity index (χ1v) is 8.26. The molecule has 1 heterocycles. The average molecular weight is 270 g/mol. The summed E-state index contributed by atoms with van der Waals surface area (Å²) >= 11 is 0. The van der Waals surface area contributed by atoms with E-state index >= 15 is 0 Å². The van der Waals surface area contributed by atoms with Gasteiger partial charge in [0.05, 0.1) is 6.61 Å². The van der Waals surface area contributed by atoms with Gasteiger partial charge in [-0.2, -0.15) is 0 Å². The van der Waals surface area contributed by atoms with Gasteiger partial charge in [-0.3, -0.25) is 0 Å². The maximum atomic E-state index is 9.36. The molecule has 0 aromatic carbocycles. The molecule has 1 saturated heterocycles. The van der Waals surface area contributed by atoms with Crippen molar-refractivity contribution in [2.75, 3.05) is 32.8 Å². The summed E-state index contributed by atoms with van der Waals surface area (Å²) in [6, 6.07) is 0.281. The molecular formula is C16H34N2O. The number of nitrogens with one attached hydrogen (secondary N) is 1. The van der Waals surface area contributed by atoms with Gasteiger partial charge in [-0.05, 0) is 57.3 Å². The summed E-state index contributed by atoms with van der Waals surface area (Å²) in [4.78, 5) is 2.58. The lowest BCUT2D eigenvalue weighted by molar-refractivity contribution is 0.0900. The molecule has 3 nitrogen and oxygen atoms in total. The summed E-state index contributed by atoms with van der Waals surface area (Å²) in [5.74, 6) is 0. The molecule has 1 aliphatic heterocycles. The minimum absolute atomic E-state index is 0.266. The van der Waals surface area contributed by atoms with Gasteiger partial charge < -0.3 is 15.3 Å². The quantitative estimate of drug-likeness (QED) is 0.676. The molecule has 3 heteroatoms. The second-order valence-corrected chi connectivity index (χ2v) is 6.17. The van der Waals surface area contributed by atoms with Crippen LogP contribution in [0, 0.1) is 5.41 Å². The predicted octanol–water partition coefficient (Wildman–Crippen LogP) is 2.64. The minimum atomic E-state index is 0.266. The van der Waals surface area contributed by atoms with Crippen molar-refractivity contribution in [3.05, 3.63) is 0 Å². The third kappa shape index (κ3) is 5.41. The van der Waals surface area contributed by atoms with E-state index in [0.717, 1.165) is 25.9 Å². The van der Waals surface area contributed by atoms with Crippen LogP contribution in [0.3, 0.4) is 0 Å². The molecule has 1 unspecified atom stereocenters. The molecule has 2 N–H and O–H groups in total. The second-order valence-electron chi connectivity index (χ2n) is 6.17. The van der Waals surface area contributed by atoms with Crippen LogP contribution >= 0.6 is 0 Å². The van der Waals surface area contributed by atoms with Gasteiger partial charge in [-0.15, -0.1) is 0 Å². The highest BCUT2D eigenvalue weighted by molar-refractivity contribution is 4.84. The van der Waals surface area contributed by atoms with Crippen LogP contribution in [0.4, 0.5) is 0 Å². The first kappa shape index (κ1) is 16.9.